The molecule has 0 spiro atoms. The quantitative estimate of drug-likeness (QED) is 0.585. The number of aromatic nitrogens is 2. The van der Waals surface area contributed by atoms with Crippen molar-refractivity contribution >= 4 is 17.2 Å². The van der Waals surface area contributed by atoms with Crippen molar-refractivity contribution in [1.29, 1.82) is 0 Å². The van der Waals surface area contributed by atoms with Gasteiger partial charge in [-0.2, -0.15) is 5.10 Å². The Kier molecular flexibility index (Phi) is 6.45. The van der Waals surface area contributed by atoms with E-state index in [0.717, 1.165) is 48.7 Å². The Labute approximate surface area is 182 Å². The smallest absolute Gasteiger partial charge is 0.255 e. The molecule has 3 heterocycles. The Hall–Kier alpha value is -2.70. The van der Waals surface area contributed by atoms with E-state index in [0.29, 0.717) is 5.56 Å². The highest BCUT2D eigenvalue weighted by atomic mass is 32.1. The number of nitrogens with one attached hydrogen (secondary N) is 1. The van der Waals surface area contributed by atoms with Crippen LogP contribution in [0.2, 0.25) is 0 Å². The zero-order chi connectivity index (χ0) is 20.9. The Balaban J connectivity index is 1.49. The summed E-state index contributed by atoms with van der Waals surface area (Å²) in [7, 11) is 0. The van der Waals surface area contributed by atoms with E-state index >= 15 is 0 Å². The van der Waals surface area contributed by atoms with Gasteiger partial charge in [0.2, 0.25) is 0 Å². The third-order valence-corrected chi connectivity index (χ3v) is 6.29. The molecule has 0 saturated carbocycles. The molecule has 0 radical (unpaired) electrons. The maximum atomic E-state index is 13.2. The van der Waals surface area contributed by atoms with Crippen molar-refractivity contribution < 1.29 is 4.79 Å². The first kappa shape index (κ1) is 20.6. The van der Waals surface area contributed by atoms with Crippen molar-refractivity contribution in [2.75, 3.05) is 19.6 Å². The predicted molar refractivity (Wildman–Crippen MR) is 123 cm³/mol. The lowest BCUT2D eigenvalue weighted by Gasteiger charge is -2.31. The lowest BCUT2D eigenvalue weighted by molar-refractivity contribution is 0.0914. The molecule has 156 valence electrons. The van der Waals surface area contributed by atoms with E-state index in [4.69, 9.17) is 5.10 Å². The van der Waals surface area contributed by atoms with E-state index in [1.807, 2.05) is 54.0 Å². The molecular formula is C24H28N4OS. The maximum Gasteiger partial charge on any atom is 0.255 e. The normalized spacial score (nSPS) is 15.1. The van der Waals surface area contributed by atoms with Gasteiger partial charge in [0, 0.05) is 31.9 Å². The summed E-state index contributed by atoms with van der Waals surface area (Å²) in [6.07, 6.45) is 6.07. The summed E-state index contributed by atoms with van der Waals surface area (Å²) < 4.78 is 1.80. The number of hydrogen-bond donors (Lipinski definition) is 1. The first-order chi connectivity index (χ1) is 14.6. The minimum atomic E-state index is -0.0386. The fraction of sp³-hybridized carbons (Fsp3) is 0.333. The highest BCUT2D eigenvalue weighted by molar-refractivity contribution is 7.13. The second-order valence-electron chi connectivity index (χ2n) is 7.98. The fourth-order valence-electron chi connectivity index (χ4n) is 3.68. The zero-order valence-electron chi connectivity index (χ0n) is 17.5. The van der Waals surface area contributed by atoms with E-state index in [1.54, 1.807) is 16.0 Å². The van der Waals surface area contributed by atoms with Crippen LogP contribution in [0.3, 0.4) is 0 Å². The van der Waals surface area contributed by atoms with Crippen LogP contribution in [0, 0.1) is 0 Å². The standard InChI is InChI=1S/C24H28N4OS/c1-18(2)10-13-27-14-11-19(12-15-27)25-24(29)21-17-28(20-7-4-3-5-8-20)26-23(21)22-9-6-16-30-22/h3-10,16-17,19H,11-15H2,1-2H3,(H,25,29). The molecule has 1 aromatic carbocycles. The number of likely N-dealkylation sites (tertiary alicyclic amines) is 1. The number of benzene rings is 1. The van der Waals surface area contributed by atoms with E-state index in [-0.39, 0.29) is 11.9 Å². The molecule has 1 aliphatic heterocycles. The molecule has 5 nitrogen and oxygen atoms in total. The molecule has 1 fully saturated rings. The van der Waals surface area contributed by atoms with Crippen LogP contribution < -0.4 is 5.32 Å². The van der Waals surface area contributed by atoms with Gasteiger partial charge in [-0.25, -0.2) is 4.68 Å². The van der Waals surface area contributed by atoms with Crippen LogP contribution in [-0.4, -0.2) is 46.3 Å². The largest absolute Gasteiger partial charge is 0.349 e. The molecule has 0 unspecified atom stereocenters. The van der Waals surface area contributed by atoms with E-state index in [9.17, 15) is 4.79 Å². The highest BCUT2D eigenvalue weighted by Gasteiger charge is 2.24. The number of hydrogen-bond acceptors (Lipinski definition) is 4. The average molecular weight is 421 g/mol. The highest BCUT2D eigenvalue weighted by Crippen LogP contribution is 2.28. The van der Waals surface area contributed by atoms with Crippen molar-refractivity contribution in [3.05, 3.63) is 71.3 Å². The summed E-state index contributed by atoms with van der Waals surface area (Å²) in [4.78, 5) is 16.6. The molecule has 4 rings (SSSR count). The molecule has 1 N–H and O–H groups in total. The van der Waals surface area contributed by atoms with Gasteiger partial charge < -0.3 is 5.32 Å². The lowest BCUT2D eigenvalue weighted by Crippen LogP contribution is -2.44. The van der Waals surface area contributed by atoms with E-state index < -0.39 is 0 Å². The summed E-state index contributed by atoms with van der Waals surface area (Å²) >= 11 is 1.60. The summed E-state index contributed by atoms with van der Waals surface area (Å²) in [5, 5.41) is 10.0. The molecular weight excluding hydrogens is 392 g/mol. The van der Waals surface area contributed by atoms with Gasteiger partial charge in [-0.05, 0) is 50.3 Å². The SMILES string of the molecule is CC(C)=CCN1CCC(NC(=O)c2cn(-c3ccccc3)nc2-c2cccs2)CC1. The summed E-state index contributed by atoms with van der Waals surface area (Å²) in [6, 6.07) is 14.1. The average Bonchev–Trinajstić information content (AvgIpc) is 3.44. The van der Waals surface area contributed by atoms with Crippen LogP contribution in [0.1, 0.15) is 37.0 Å². The topological polar surface area (TPSA) is 50.2 Å². The molecule has 0 aliphatic carbocycles. The second-order valence-corrected chi connectivity index (χ2v) is 8.93. The van der Waals surface area contributed by atoms with Gasteiger partial charge in [0.1, 0.15) is 5.69 Å². The Morgan fingerprint density at radius 2 is 1.93 bits per heavy atom. The third kappa shape index (κ3) is 4.89. The van der Waals surface area contributed by atoms with Crippen LogP contribution in [0.5, 0.6) is 0 Å². The van der Waals surface area contributed by atoms with Gasteiger partial charge in [-0.1, -0.05) is 35.9 Å². The molecule has 1 amide bonds. The van der Waals surface area contributed by atoms with Crippen molar-refractivity contribution in [3.8, 4) is 16.3 Å². The summed E-state index contributed by atoms with van der Waals surface area (Å²) in [6.45, 7) is 7.28. The van der Waals surface area contributed by atoms with Crippen molar-refractivity contribution in [2.24, 2.45) is 0 Å². The number of rotatable bonds is 6. The summed E-state index contributed by atoms with van der Waals surface area (Å²) in [5.74, 6) is -0.0386. The Bertz CT molecular complexity index is 995. The summed E-state index contributed by atoms with van der Waals surface area (Å²) in [5.41, 5.74) is 3.67. The lowest BCUT2D eigenvalue weighted by atomic mass is 10.0. The molecule has 6 heteroatoms. The number of thiophene rings is 1. The van der Waals surface area contributed by atoms with Crippen molar-refractivity contribution in [3.63, 3.8) is 0 Å². The number of carbonyl (C=O) groups excluding carboxylic acids is 1. The first-order valence-electron chi connectivity index (χ1n) is 10.5. The van der Waals surface area contributed by atoms with Crippen LogP contribution >= 0.6 is 11.3 Å². The Morgan fingerprint density at radius 1 is 1.17 bits per heavy atom. The maximum absolute atomic E-state index is 13.2. The van der Waals surface area contributed by atoms with Gasteiger partial charge in [0.05, 0.1) is 16.1 Å². The molecule has 3 aromatic rings. The zero-order valence-corrected chi connectivity index (χ0v) is 18.4. The first-order valence-corrected chi connectivity index (χ1v) is 11.3. The second kappa shape index (κ2) is 9.41. The molecule has 30 heavy (non-hydrogen) atoms. The Morgan fingerprint density at radius 3 is 2.60 bits per heavy atom. The van der Waals surface area contributed by atoms with Crippen molar-refractivity contribution in [1.82, 2.24) is 20.0 Å². The number of amides is 1. The van der Waals surface area contributed by atoms with E-state index in [1.165, 1.54) is 5.57 Å². The van der Waals surface area contributed by atoms with Crippen LogP contribution in [-0.2, 0) is 0 Å². The van der Waals surface area contributed by atoms with Crippen LogP contribution in [0.4, 0.5) is 0 Å². The van der Waals surface area contributed by atoms with Gasteiger partial charge in [0.25, 0.3) is 5.91 Å². The molecule has 0 atom stereocenters. The molecule has 2 aromatic heterocycles. The van der Waals surface area contributed by atoms with Gasteiger partial charge >= 0.3 is 0 Å². The van der Waals surface area contributed by atoms with Gasteiger partial charge in [0.15, 0.2) is 0 Å². The minimum Gasteiger partial charge on any atom is -0.349 e. The number of nitrogens with zero attached hydrogens (tertiary/aromatic N) is 3. The monoisotopic (exact) mass is 420 g/mol. The number of para-hydroxylation sites is 1. The minimum absolute atomic E-state index is 0.0386. The number of allylic oxidation sites excluding steroid dienone is 1. The van der Waals surface area contributed by atoms with E-state index in [2.05, 4.69) is 30.1 Å². The van der Waals surface area contributed by atoms with Gasteiger partial charge in [-0.3, -0.25) is 9.69 Å². The van der Waals surface area contributed by atoms with Gasteiger partial charge in [-0.15, -0.1) is 11.3 Å². The number of piperidine rings is 1. The molecule has 1 aliphatic rings. The van der Waals surface area contributed by atoms with Crippen LogP contribution in [0.15, 0.2) is 65.7 Å². The molecule has 1 saturated heterocycles. The number of carbonyl (C=O) groups is 1. The fourth-order valence-corrected chi connectivity index (χ4v) is 4.41. The van der Waals surface area contributed by atoms with Crippen molar-refractivity contribution in [2.45, 2.75) is 32.7 Å². The van der Waals surface area contributed by atoms with Crippen LogP contribution in [0.25, 0.3) is 16.3 Å². The predicted octanol–water partition coefficient (Wildman–Crippen LogP) is 4.76. The third-order valence-electron chi connectivity index (χ3n) is 5.41. The molecule has 0 bridgehead atoms.